The van der Waals surface area contributed by atoms with Gasteiger partial charge in [-0.15, -0.1) is 0 Å². The van der Waals surface area contributed by atoms with E-state index in [1.165, 1.54) is 18.2 Å². The van der Waals surface area contributed by atoms with E-state index in [0.29, 0.717) is 16.7 Å². The van der Waals surface area contributed by atoms with Crippen molar-refractivity contribution in [1.29, 1.82) is 0 Å². The van der Waals surface area contributed by atoms with E-state index in [2.05, 4.69) is 5.32 Å². The zero-order valence-electron chi connectivity index (χ0n) is 11.5. The molecule has 1 amide bonds. The topological polar surface area (TPSA) is 75.3 Å². The SMILES string of the molecule is NCc1ccc(CNC(=O)Cc2cccc(O)c2)c(F)c1. The summed E-state index contributed by atoms with van der Waals surface area (Å²) >= 11 is 0. The molecule has 0 spiro atoms. The second-order valence-corrected chi connectivity index (χ2v) is 4.75. The molecule has 0 bridgehead atoms. The van der Waals surface area contributed by atoms with Crippen molar-refractivity contribution in [3.05, 3.63) is 65.0 Å². The van der Waals surface area contributed by atoms with Crippen LogP contribution in [0.5, 0.6) is 5.75 Å². The monoisotopic (exact) mass is 288 g/mol. The molecule has 0 saturated heterocycles. The quantitative estimate of drug-likeness (QED) is 0.786. The highest BCUT2D eigenvalue weighted by Crippen LogP contribution is 2.12. The molecular weight excluding hydrogens is 271 g/mol. The fourth-order valence-corrected chi connectivity index (χ4v) is 1.97. The molecule has 4 N–H and O–H groups in total. The van der Waals surface area contributed by atoms with Crippen LogP contribution in [0.3, 0.4) is 0 Å². The Kier molecular flexibility index (Phi) is 4.90. The van der Waals surface area contributed by atoms with Gasteiger partial charge in [-0.3, -0.25) is 4.79 Å². The molecule has 2 aromatic rings. The van der Waals surface area contributed by atoms with Gasteiger partial charge >= 0.3 is 0 Å². The van der Waals surface area contributed by atoms with Crippen LogP contribution in [-0.4, -0.2) is 11.0 Å². The number of hydrogen-bond acceptors (Lipinski definition) is 3. The number of carbonyl (C=O) groups is 1. The highest BCUT2D eigenvalue weighted by atomic mass is 19.1. The molecular formula is C16H17FN2O2. The minimum absolute atomic E-state index is 0.115. The molecule has 0 fully saturated rings. The molecule has 21 heavy (non-hydrogen) atoms. The van der Waals surface area contributed by atoms with Crippen LogP contribution >= 0.6 is 0 Å². The van der Waals surface area contributed by atoms with Gasteiger partial charge in [-0.2, -0.15) is 0 Å². The Bertz CT molecular complexity index is 644. The second kappa shape index (κ2) is 6.85. The normalized spacial score (nSPS) is 10.4. The molecule has 0 aliphatic rings. The van der Waals surface area contributed by atoms with Crippen LogP contribution in [0.2, 0.25) is 0 Å². The van der Waals surface area contributed by atoms with Gasteiger partial charge in [0, 0.05) is 18.7 Å². The van der Waals surface area contributed by atoms with E-state index < -0.39 is 0 Å². The van der Waals surface area contributed by atoms with Crippen LogP contribution in [0, 0.1) is 5.82 Å². The van der Waals surface area contributed by atoms with E-state index in [-0.39, 0.29) is 37.0 Å². The van der Waals surface area contributed by atoms with E-state index >= 15 is 0 Å². The first-order valence-electron chi connectivity index (χ1n) is 6.60. The predicted octanol–water partition coefficient (Wildman–Crippen LogP) is 1.85. The summed E-state index contributed by atoms with van der Waals surface area (Å²) in [6.07, 6.45) is 0.136. The molecule has 110 valence electrons. The van der Waals surface area contributed by atoms with Crippen molar-refractivity contribution in [2.24, 2.45) is 5.73 Å². The fraction of sp³-hybridized carbons (Fsp3) is 0.188. The first kappa shape index (κ1) is 15.0. The largest absolute Gasteiger partial charge is 0.508 e. The maximum absolute atomic E-state index is 13.7. The molecule has 0 aromatic heterocycles. The minimum Gasteiger partial charge on any atom is -0.508 e. The average molecular weight is 288 g/mol. The van der Waals surface area contributed by atoms with Crippen molar-refractivity contribution in [1.82, 2.24) is 5.32 Å². The summed E-state index contributed by atoms with van der Waals surface area (Å²) in [6.45, 7) is 0.398. The molecule has 5 heteroatoms. The van der Waals surface area contributed by atoms with E-state index in [0.717, 1.165) is 0 Å². The molecule has 2 rings (SSSR count). The van der Waals surface area contributed by atoms with Gasteiger partial charge in [0.05, 0.1) is 6.42 Å². The molecule has 0 unspecified atom stereocenters. The van der Waals surface area contributed by atoms with Gasteiger partial charge in [0.2, 0.25) is 5.91 Å². The van der Waals surface area contributed by atoms with E-state index in [1.54, 1.807) is 24.3 Å². The summed E-state index contributed by atoms with van der Waals surface area (Å²) in [7, 11) is 0. The van der Waals surface area contributed by atoms with Crippen molar-refractivity contribution in [3.8, 4) is 5.75 Å². The standard InChI is InChI=1S/C16H17FN2O2/c17-15-7-12(9-18)4-5-13(15)10-19-16(21)8-11-2-1-3-14(20)6-11/h1-7,20H,8-10,18H2,(H,19,21). The van der Waals surface area contributed by atoms with E-state index in [4.69, 9.17) is 5.73 Å². The van der Waals surface area contributed by atoms with E-state index in [1.807, 2.05) is 0 Å². The molecule has 0 saturated carbocycles. The lowest BCUT2D eigenvalue weighted by molar-refractivity contribution is -0.120. The average Bonchev–Trinajstić information content (AvgIpc) is 2.46. The van der Waals surface area contributed by atoms with Gasteiger partial charge in [-0.05, 0) is 29.3 Å². The second-order valence-electron chi connectivity index (χ2n) is 4.75. The number of benzene rings is 2. The van der Waals surface area contributed by atoms with Crippen LogP contribution in [0.15, 0.2) is 42.5 Å². The Morgan fingerprint density at radius 3 is 2.67 bits per heavy atom. The Balaban J connectivity index is 1.92. The zero-order valence-corrected chi connectivity index (χ0v) is 11.5. The maximum Gasteiger partial charge on any atom is 0.224 e. The van der Waals surface area contributed by atoms with Crippen molar-refractivity contribution in [2.45, 2.75) is 19.5 Å². The lowest BCUT2D eigenvalue weighted by Gasteiger charge is -2.08. The Morgan fingerprint density at radius 2 is 2.00 bits per heavy atom. The lowest BCUT2D eigenvalue weighted by Crippen LogP contribution is -2.25. The first-order valence-corrected chi connectivity index (χ1v) is 6.60. The highest BCUT2D eigenvalue weighted by molar-refractivity contribution is 5.78. The molecule has 0 aliphatic carbocycles. The van der Waals surface area contributed by atoms with E-state index in [9.17, 15) is 14.3 Å². The molecule has 0 aliphatic heterocycles. The number of amides is 1. The van der Waals surface area contributed by atoms with Crippen molar-refractivity contribution in [2.75, 3.05) is 0 Å². The molecule has 0 atom stereocenters. The van der Waals surface area contributed by atoms with Crippen LogP contribution in [0.25, 0.3) is 0 Å². The van der Waals surface area contributed by atoms with Crippen molar-refractivity contribution in [3.63, 3.8) is 0 Å². The first-order chi connectivity index (χ1) is 10.1. The number of rotatable bonds is 5. The number of nitrogens with two attached hydrogens (primary N) is 1. The Hall–Kier alpha value is -2.40. The number of carbonyl (C=O) groups excluding carboxylic acids is 1. The number of aromatic hydroxyl groups is 1. The van der Waals surface area contributed by atoms with Crippen LogP contribution in [0.4, 0.5) is 4.39 Å². The van der Waals surface area contributed by atoms with Gasteiger partial charge in [0.1, 0.15) is 11.6 Å². The fourth-order valence-electron chi connectivity index (χ4n) is 1.97. The summed E-state index contributed by atoms with van der Waals surface area (Å²) in [6, 6.07) is 11.2. The summed E-state index contributed by atoms with van der Waals surface area (Å²) in [4.78, 5) is 11.8. The van der Waals surface area contributed by atoms with Gasteiger partial charge < -0.3 is 16.2 Å². The summed E-state index contributed by atoms with van der Waals surface area (Å²) in [5.74, 6) is -0.498. The third-order valence-electron chi connectivity index (χ3n) is 3.10. The Labute approximate surface area is 122 Å². The van der Waals surface area contributed by atoms with Crippen LogP contribution < -0.4 is 11.1 Å². The third-order valence-corrected chi connectivity index (χ3v) is 3.10. The number of hydrogen-bond donors (Lipinski definition) is 3. The summed E-state index contributed by atoms with van der Waals surface area (Å²) in [5, 5.41) is 12.0. The van der Waals surface area contributed by atoms with Gasteiger partial charge in [0.15, 0.2) is 0 Å². The van der Waals surface area contributed by atoms with Crippen molar-refractivity contribution < 1.29 is 14.3 Å². The number of nitrogens with one attached hydrogen (secondary N) is 1. The number of phenols is 1. The van der Waals surface area contributed by atoms with Crippen LogP contribution in [0.1, 0.15) is 16.7 Å². The third kappa shape index (κ3) is 4.29. The predicted molar refractivity (Wildman–Crippen MR) is 77.9 cm³/mol. The number of phenolic OH excluding ortho intramolecular Hbond substituents is 1. The van der Waals surface area contributed by atoms with Gasteiger partial charge in [0.25, 0.3) is 0 Å². The smallest absolute Gasteiger partial charge is 0.224 e. The Morgan fingerprint density at radius 1 is 1.19 bits per heavy atom. The molecule has 4 nitrogen and oxygen atoms in total. The van der Waals surface area contributed by atoms with Crippen molar-refractivity contribution >= 4 is 5.91 Å². The van der Waals surface area contributed by atoms with Gasteiger partial charge in [-0.1, -0.05) is 24.3 Å². The van der Waals surface area contributed by atoms with Gasteiger partial charge in [-0.25, -0.2) is 4.39 Å². The maximum atomic E-state index is 13.7. The summed E-state index contributed by atoms with van der Waals surface area (Å²) in [5.41, 5.74) is 7.26. The minimum atomic E-state index is -0.379. The van der Waals surface area contributed by atoms with Crippen LogP contribution in [-0.2, 0) is 24.3 Å². The highest BCUT2D eigenvalue weighted by Gasteiger charge is 2.07. The zero-order chi connectivity index (χ0) is 15.2. The number of halogens is 1. The summed E-state index contributed by atoms with van der Waals surface area (Å²) < 4.78 is 13.7. The lowest BCUT2D eigenvalue weighted by atomic mass is 10.1. The molecule has 0 heterocycles. The molecule has 0 radical (unpaired) electrons. The molecule has 2 aromatic carbocycles.